The quantitative estimate of drug-likeness (QED) is 0.579. The summed E-state index contributed by atoms with van der Waals surface area (Å²) in [4.78, 5) is 6.68. The summed E-state index contributed by atoms with van der Waals surface area (Å²) in [6.45, 7) is 13.2. The molecule has 1 N–H and O–H groups in total. The fourth-order valence-electron chi connectivity index (χ4n) is 6.09. The lowest BCUT2D eigenvalue weighted by atomic mass is 9.73. The van der Waals surface area contributed by atoms with Crippen molar-refractivity contribution in [3.05, 3.63) is 35.5 Å². The Morgan fingerprint density at radius 3 is 2.66 bits per heavy atom. The predicted molar refractivity (Wildman–Crippen MR) is 124 cm³/mol. The molecule has 4 atom stereocenters. The molecule has 0 unspecified atom stereocenters. The zero-order valence-electron chi connectivity index (χ0n) is 18.9. The van der Waals surface area contributed by atoms with Crippen LogP contribution in [0.4, 0.5) is 0 Å². The lowest BCUT2D eigenvalue weighted by Crippen LogP contribution is -2.57. The molecular formula is C25H38N2OSi. The van der Waals surface area contributed by atoms with Crippen LogP contribution < -0.4 is 0 Å². The van der Waals surface area contributed by atoms with Gasteiger partial charge in [0.05, 0.1) is 6.04 Å². The van der Waals surface area contributed by atoms with Crippen LogP contribution in [0.25, 0.3) is 10.9 Å². The van der Waals surface area contributed by atoms with Crippen LogP contribution >= 0.6 is 0 Å². The molecule has 3 nitrogen and oxygen atoms in total. The molecule has 2 aromatic rings. The van der Waals surface area contributed by atoms with Gasteiger partial charge in [0.25, 0.3) is 0 Å². The largest absolute Gasteiger partial charge is 0.414 e. The van der Waals surface area contributed by atoms with Crippen LogP contribution in [0, 0.1) is 5.92 Å². The molecule has 1 aromatic carbocycles. The Morgan fingerprint density at radius 2 is 1.86 bits per heavy atom. The van der Waals surface area contributed by atoms with E-state index in [1.54, 1.807) is 5.56 Å². The maximum atomic E-state index is 7.01. The normalized spacial score (nSPS) is 30.7. The van der Waals surface area contributed by atoms with Crippen molar-refractivity contribution in [2.45, 2.75) is 95.6 Å². The number of nitrogens with zero attached hydrogens (tertiary/aromatic N) is 1. The highest BCUT2D eigenvalue weighted by molar-refractivity contribution is 6.74. The van der Waals surface area contributed by atoms with Crippen LogP contribution in [0.5, 0.6) is 0 Å². The molecule has 0 bridgehead atoms. The van der Waals surface area contributed by atoms with Gasteiger partial charge < -0.3 is 9.41 Å². The maximum Gasteiger partial charge on any atom is 0.192 e. The van der Waals surface area contributed by atoms with Gasteiger partial charge >= 0.3 is 0 Å². The predicted octanol–water partition coefficient (Wildman–Crippen LogP) is 6.42. The minimum absolute atomic E-state index is 0.293. The first kappa shape index (κ1) is 19.8. The molecule has 0 spiro atoms. The molecule has 5 rings (SSSR count). The minimum atomic E-state index is -1.72. The van der Waals surface area contributed by atoms with Crippen molar-refractivity contribution >= 4 is 19.2 Å². The maximum absolute atomic E-state index is 7.01. The first-order valence-electron chi connectivity index (χ1n) is 11.8. The van der Waals surface area contributed by atoms with Gasteiger partial charge in [0.15, 0.2) is 8.32 Å². The number of hydrogen-bond donors (Lipinski definition) is 1. The summed E-state index contributed by atoms with van der Waals surface area (Å²) in [5.74, 6) is 0.722. The van der Waals surface area contributed by atoms with E-state index in [4.69, 9.17) is 4.43 Å². The highest BCUT2D eigenvalue weighted by Crippen LogP contribution is 2.49. The third-order valence-corrected chi connectivity index (χ3v) is 13.1. The number of para-hydroxylation sites is 1. The van der Waals surface area contributed by atoms with Gasteiger partial charge in [-0.15, -0.1) is 0 Å². The molecule has 1 aliphatic carbocycles. The van der Waals surface area contributed by atoms with Crippen LogP contribution in [0.1, 0.15) is 70.2 Å². The van der Waals surface area contributed by atoms with Crippen LogP contribution in [0.2, 0.25) is 18.1 Å². The second-order valence-corrected chi connectivity index (χ2v) is 16.0. The first-order valence-corrected chi connectivity index (χ1v) is 14.7. The van der Waals surface area contributed by atoms with Gasteiger partial charge in [-0.3, -0.25) is 4.90 Å². The number of H-pyrrole nitrogens is 1. The number of fused-ring (bicyclic) bond motifs is 7. The lowest BCUT2D eigenvalue weighted by Gasteiger charge is -2.54. The molecule has 1 saturated carbocycles. The molecule has 2 fully saturated rings. The Bertz CT molecular complexity index is 896. The molecule has 2 aliphatic heterocycles. The average Bonchev–Trinajstić information content (AvgIpc) is 3.06. The SMILES string of the molecule is CC(C)(C)[Si](C)(C)O[C@H]1CCC[C@H]2[C@H]1CC[C@H]1c3[nH]c4ccccc4c3CCN12. The van der Waals surface area contributed by atoms with E-state index in [0.717, 1.165) is 5.92 Å². The fourth-order valence-corrected chi connectivity index (χ4v) is 7.49. The Morgan fingerprint density at radius 1 is 1.07 bits per heavy atom. The summed E-state index contributed by atoms with van der Waals surface area (Å²) in [6, 6.07) is 10.2. The first-order chi connectivity index (χ1) is 13.8. The highest BCUT2D eigenvalue weighted by Gasteiger charge is 2.48. The minimum Gasteiger partial charge on any atom is -0.414 e. The van der Waals surface area contributed by atoms with E-state index in [2.05, 4.69) is 68.0 Å². The number of benzene rings is 1. The summed E-state index contributed by atoms with van der Waals surface area (Å²) in [6.07, 6.45) is 8.20. The number of piperidine rings is 1. The van der Waals surface area contributed by atoms with Crippen LogP contribution in [-0.4, -0.2) is 36.9 Å². The molecule has 0 amide bonds. The van der Waals surface area contributed by atoms with E-state index in [1.807, 2.05) is 0 Å². The molecule has 3 aliphatic rings. The Balaban J connectivity index is 1.41. The number of rotatable bonds is 2. The van der Waals surface area contributed by atoms with Gasteiger partial charge in [0.1, 0.15) is 0 Å². The Labute approximate surface area is 177 Å². The van der Waals surface area contributed by atoms with Crippen molar-refractivity contribution in [1.82, 2.24) is 9.88 Å². The Hall–Kier alpha value is -1.10. The standard InChI is InChI=1S/C25H38N2OSi/c1-25(2,3)29(4,5)28-23-12-8-11-21-19(23)13-14-22-24-18(15-16-27(21)22)17-9-6-7-10-20(17)26-24/h6-7,9-10,19,21-23,26H,8,11-16H2,1-5H3/t19-,21+,22+,23+/m1/s1. The van der Waals surface area contributed by atoms with Gasteiger partial charge in [-0.1, -0.05) is 39.0 Å². The molecule has 29 heavy (non-hydrogen) atoms. The van der Waals surface area contributed by atoms with Crippen LogP contribution in [-0.2, 0) is 10.8 Å². The van der Waals surface area contributed by atoms with Crippen LogP contribution in [0.15, 0.2) is 24.3 Å². The van der Waals surface area contributed by atoms with Crippen molar-refractivity contribution in [2.75, 3.05) is 6.54 Å². The van der Waals surface area contributed by atoms with Crippen molar-refractivity contribution in [3.8, 4) is 0 Å². The number of hydrogen-bond acceptors (Lipinski definition) is 2. The van der Waals surface area contributed by atoms with E-state index >= 15 is 0 Å². The number of aromatic nitrogens is 1. The topological polar surface area (TPSA) is 28.3 Å². The van der Waals surface area contributed by atoms with Crippen LogP contribution in [0.3, 0.4) is 0 Å². The van der Waals surface area contributed by atoms with E-state index in [0.29, 0.717) is 23.2 Å². The average molecular weight is 411 g/mol. The zero-order chi connectivity index (χ0) is 20.4. The van der Waals surface area contributed by atoms with E-state index in [-0.39, 0.29) is 0 Å². The zero-order valence-corrected chi connectivity index (χ0v) is 19.9. The second kappa shape index (κ2) is 6.96. The van der Waals surface area contributed by atoms with Gasteiger partial charge in [-0.05, 0) is 74.2 Å². The van der Waals surface area contributed by atoms with E-state index < -0.39 is 8.32 Å². The van der Waals surface area contributed by atoms with Gasteiger partial charge in [-0.25, -0.2) is 0 Å². The number of aromatic amines is 1. The third kappa shape index (κ3) is 3.23. The van der Waals surface area contributed by atoms with Gasteiger partial charge in [0.2, 0.25) is 0 Å². The van der Waals surface area contributed by atoms with E-state index in [1.165, 1.54) is 61.7 Å². The van der Waals surface area contributed by atoms with Crippen molar-refractivity contribution in [3.63, 3.8) is 0 Å². The summed E-state index contributed by atoms with van der Waals surface area (Å²) in [5, 5.41) is 1.74. The summed E-state index contributed by atoms with van der Waals surface area (Å²) < 4.78 is 7.01. The third-order valence-electron chi connectivity index (χ3n) is 8.61. The molecule has 1 saturated heterocycles. The molecule has 0 radical (unpaired) electrons. The molecule has 158 valence electrons. The fraction of sp³-hybridized carbons (Fsp3) is 0.680. The van der Waals surface area contributed by atoms with Crippen molar-refractivity contribution in [2.24, 2.45) is 5.92 Å². The smallest absolute Gasteiger partial charge is 0.192 e. The van der Waals surface area contributed by atoms with Crippen molar-refractivity contribution < 1.29 is 4.43 Å². The lowest BCUT2D eigenvalue weighted by molar-refractivity contribution is -0.0506. The highest BCUT2D eigenvalue weighted by atomic mass is 28.4. The van der Waals surface area contributed by atoms with Gasteiger partial charge in [-0.2, -0.15) is 0 Å². The van der Waals surface area contributed by atoms with E-state index in [9.17, 15) is 0 Å². The molecule has 4 heteroatoms. The summed E-state index contributed by atoms with van der Waals surface area (Å²) in [5.41, 5.74) is 4.43. The Kier molecular flexibility index (Phi) is 4.76. The van der Waals surface area contributed by atoms with Gasteiger partial charge in [0, 0.05) is 35.3 Å². The number of nitrogens with one attached hydrogen (secondary N) is 1. The molecule has 1 aromatic heterocycles. The summed E-state index contributed by atoms with van der Waals surface area (Å²) >= 11 is 0. The monoisotopic (exact) mass is 410 g/mol. The van der Waals surface area contributed by atoms with Crippen molar-refractivity contribution in [1.29, 1.82) is 0 Å². The summed E-state index contributed by atoms with van der Waals surface area (Å²) in [7, 11) is -1.72. The second-order valence-electron chi connectivity index (χ2n) is 11.2. The molecule has 3 heterocycles. The molecular weight excluding hydrogens is 372 g/mol.